The fourth-order valence-corrected chi connectivity index (χ4v) is 4.38. The number of amides is 1. The highest BCUT2D eigenvalue weighted by Gasteiger charge is 2.24. The number of para-hydroxylation sites is 1. The molecule has 9 nitrogen and oxygen atoms in total. The number of benzene rings is 2. The van der Waals surface area contributed by atoms with Gasteiger partial charge in [0.15, 0.2) is 11.5 Å². The number of hydrogen-bond donors (Lipinski definition) is 1. The summed E-state index contributed by atoms with van der Waals surface area (Å²) in [5, 5.41) is 3.52. The standard InChI is InChI=1S/C26H32N4O5/c1-4-35-22-9-8-19(14-23(22)33-3)21(29-10-12-34-13-11-29)15-27-24(31)16-30-17-28-25-18(2)6-5-7-20(25)26(30)32/h5-9,14,17,21H,4,10-13,15-16H2,1-3H3,(H,27,31). The summed E-state index contributed by atoms with van der Waals surface area (Å²) in [7, 11) is 1.62. The summed E-state index contributed by atoms with van der Waals surface area (Å²) in [6.45, 7) is 7.44. The molecule has 3 aromatic rings. The molecule has 35 heavy (non-hydrogen) atoms. The second kappa shape index (κ2) is 11.3. The lowest BCUT2D eigenvalue weighted by atomic mass is 10.0. The van der Waals surface area contributed by atoms with Gasteiger partial charge in [-0.25, -0.2) is 4.98 Å². The van der Waals surface area contributed by atoms with Gasteiger partial charge in [-0.05, 0) is 43.2 Å². The van der Waals surface area contributed by atoms with Gasteiger partial charge in [0.1, 0.15) is 6.54 Å². The molecule has 1 fully saturated rings. The first-order valence-corrected chi connectivity index (χ1v) is 11.9. The molecule has 2 aromatic carbocycles. The summed E-state index contributed by atoms with van der Waals surface area (Å²) in [4.78, 5) is 32.4. The molecule has 0 saturated carbocycles. The third-order valence-electron chi connectivity index (χ3n) is 6.22. The second-order valence-electron chi connectivity index (χ2n) is 8.46. The van der Waals surface area contributed by atoms with Crippen molar-refractivity contribution in [2.45, 2.75) is 26.4 Å². The maximum absolute atomic E-state index is 12.9. The van der Waals surface area contributed by atoms with Gasteiger partial charge in [-0.15, -0.1) is 0 Å². The van der Waals surface area contributed by atoms with Crippen LogP contribution >= 0.6 is 0 Å². The van der Waals surface area contributed by atoms with Gasteiger partial charge >= 0.3 is 0 Å². The van der Waals surface area contributed by atoms with E-state index in [9.17, 15) is 9.59 Å². The van der Waals surface area contributed by atoms with Crippen LogP contribution in [-0.4, -0.2) is 66.9 Å². The van der Waals surface area contributed by atoms with Gasteiger partial charge in [-0.2, -0.15) is 0 Å². The Labute approximate surface area is 204 Å². The Hall–Kier alpha value is -3.43. The molecule has 1 aliphatic heterocycles. The molecule has 186 valence electrons. The molecule has 1 atom stereocenters. The fraction of sp³-hybridized carbons (Fsp3) is 0.423. The monoisotopic (exact) mass is 480 g/mol. The lowest BCUT2D eigenvalue weighted by Gasteiger charge is -2.35. The number of carbonyl (C=O) groups is 1. The van der Waals surface area contributed by atoms with E-state index in [-0.39, 0.29) is 24.1 Å². The van der Waals surface area contributed by atoms with E-state index in [1.54, 1.807) is 13.2 Å². The van der Waals surface area contributed by atoms with Gasteiger partial charge < -0.3 is 19.5 Å². The van der Waals surface area contributed by atoms with E-state index in [2.05, 4.69) is 15.2 Å². The minimum absolute atomic E-state index is 0.0819. The zero-order chi connectivity index (χ0) is 24.8. The van der Waals surface area contributed by atoms with Gasteiger partial charge in [0.2, 0.25) is 5.91 Å². The number of fused-ring (bicyclic) bond motifs is 1. The van der Waals surface area contributed by atoms with Crippen LogP contribution in [0.2, 0.25) is 0 Å². The molecular weight excluding hydrogens is 448 g/mol. The lowest BCUT2D eigenvalue weighted by molar-refractivity contribution is -0.122. The predicted molar refractivity (Wildman–Crippen MR) is 133 cm³/mol. The van der Waals surface area contributed by atoms with Crippen LogP contribution in [0.1, 0.15) is 24.1 Å². The van der Waals surface area contributed by atoms with Crippen molar-refractivity contribution in [3.05, 3.63) is 64.2 Å². The zero-order valence-corrected chi connectivity index (χ0v) is 20.5. The van der Waals surface area contributed by atoms with Crippen molar-refractivity contribution in [1.29, 1.82) is 0 Å². The summed E-state index contributed by atoms with van der Waals surface area (Å²) in [5.74, 6) is 1.08. The Kier molecular flexibility index (Phi) is 7.99. The normalized spacial score (nSPS) is 15.1. The third kappa shape index (κ3) is 5.63. The lowest BCUT2D eigenvalue weighted by Crippen LogP contribution is -2.44. The van der Waals surface area contributed by atoms with Crippen LogP contribution in [0.25, 0.3) is 10.9 Å². The van der Waals surface area contributed by atoms with Crippen molar-refractivity contribution in [3.63, 3.8) is 0 Å². The minimum Gasteiger partial charge on any atom is -0.493 e. The van der Waals surface area contributed by atoms with Crippen LogP contribution in [0.15, 0.2) is 47.5 Å². The molecule has 1 unspecified atom stereocenters. The van der Waals surface area contributed by atoms with Crippen LogP contribution in [0.3, 0.4) is 0 Å². The van der Waals surface area contributed by atoms with Crippen molar-refractivity contribution in [2.75, 3.05) is 46.6 Å². The van der Waals surface area contributed by atoms with Crippen LogP contribution in [0.5, 0.6) is 11.5 Å². The highest BCUT2D eigenvalue weighted by atomic mass is 16.5. The number of morpholine rings is 1. The molecule has 1 N–H and O–H groups in total. The number of rotatable bonds is 9. The summed E-state index contributed by atoms with van der Waals surface area (Å²) >= 11 is 0. The maximum atomic E-state index is 12.9. The first kappa shape index (κ1) is 24.7. The van der Waals surface area contributed by atoms with E-state index >= 15 is 0 Å². The first-order valence-electron chi connectivity index (χ1n) is 11.9. The molecule has 0 spiro atoms. The Morgan fingerprint density at radius 1 is 1.20 bits per heavy atom. The number of nitrogens with one attached hydrogen (secondary N) is 1. The van der Waals surface area contributed by atoms with Crippen molar-refractivity contribution in [1.82, 2.24) is 19.8 Å². The Balaban J connectivity index is 1.51. The molecular formula is C26H32N4O5. The molecule has 1 aliphatic rings. The van der Waals surface area contributed by atoms with Crippen LogP contribution in [0.4, 0.5) is 0 Å². The third-order valence-corrected chi connectivity index (χ3v) is 6.22. The van der Waals surface area contributed by atoms with Crippen molar-refractivity contribution >= 4 is 16.8 Å². The predicted octanol–water partition coefficient (Wildman–Crippen LogP) is 2.30. The van der Waals surface area contributed by atoms with Crippen molar-refractivity contribution in [2.24, 2.45) is 0 Å². The number of carbonyl (C=O) groups excluding carboxylic acids is 1. The fourth-order valence-electron chi connectivity index (χ4n) is 4.38. The molecule has 9 heteroatoms. The van der Waals surface area contributed by atoms with Crippen LogP contribution in [0, 0.1) is 6.92 Å². The van der Waals surface area contributed by atoms with Gasteiger partial charge in [0.25, 0.3) is 5.56 Å². The number of methoxy groups -OCH3 is 1. The van der Waals surface area contributed by atoms with E-state index in [1.165, 1.54) is 10.9 Å². The molecule has 2 heterocycles. The van der Waals surface area contributed by atoms with E-state index in [1.807, 2.05) is 44.2 Å². The quantitative estimate of drug-likeness (QED) is 0.502. The van der Waals surface area contributed by atoms with E-state index < -0.39 is 0 Å². The molecule has 1 saturated heterocycles. The van der Waals surface area contributed by atoms with Gasteiger partial charge in [0, 0.05) is 19.6 Å². The number of ether oxygens (including phenoxy) is 3. The molecule has 0 aliphatic carbocycles. The average Bonchev–Trinajstić information content (AvgIpc) is 2.87. The van der Waals surface area contributed by atoms with Crippen LogP contribution < -0.4 is 20.3 Å². The smallest absolute Gasteiger partial charge is 0.261 e. The highest BCUT2D eigenvalue weighted by molar-refractivity contribution is 5.81. The van der Waals surface area contributed by atoms with E-state index in [0.29, 0.717) is 48.8 Å². The largest absolute Gasteiger partial charge is 0.493 e. The highest BCUT2D eigenvalue weighted by Crippen LogP contribution is 2.32. The molecule has 1 amide bonds. The summed E-state index contributed by atoms with van der Waals surface area (Å²) in [5.41, 5.74) is 2.36. The molecule has 1 aromatic heterocycles. The first-order chi connectivity index (χ1) is 17.0. The number of aromatic nitrogens is 2. The molecule has 0 radical (unpaired) electrons. The van der Waals surface area contributed by atoms with Crippen molar-refractivity contribution < 1.29 is 19.0 Å². The summed E-state index contributed by atoms with van der Waals surface area (Å²) in [6, 6.07) is 11.2. The minimum atomic E-state index is -0.253. The number of nitrogens with zero attached hydrogens (tertiary/aromatic N) is 3. The van der Waals surface area contributed by atoms with Gasteiger partial charge in [-0.1, -0.05) is 18.2 Å². The molecule has 4 rings (SSSR count). The Morgan fingerprint density at radius 3 is 2.74 bits per heavy atom. The van der Waals surface area contributed by atoms with Crippen LogP contribution in [-0.2, 0) is 16.1 Å². The van der Waals surface area contributed by atoms with Gasteiger partial charge in [-0.3, -0.25) is 19.1 Å². The van der Waals surface area contributed by atoms with Crippen molar-refractivity contribution in [3.8, 4) is 11.5 Å². The SMILES string of the molecule is CCOc1ccc(C(CNC(=O)Cn2cnc3c(C)cccc3c2=O)N2CCOCC2)cc1OC. The zero-order valence-electron chi connectivity index (χ0n) is 20.5. The summed E-state index contributed by atoms with van der Waals surface area (Å²) < 4.78 is 18.1. The Morgan fingerprint density at radius 2 is 2.00 bits per heavy atom. The van der Waals surface area contributed by atoms with E-state index in [0.717, 1.165) is 24.2 Å². The molecule has 0 bridgehead atoms. The van der Waals surface area contributed by atoms with Gasteiger partial charge in [0.05, 0.1) is 50.2 Å². The Bertz CT molecular complexity index is 1240. The number of aryl methyl sites for hydroxylation is 1. The number of hydrogen-bond acceptors (Lipinski definition) is 7. The van der Waals surface area contributed by atoms with E-state index in [4.69, 9.17) is 14.2 Å². The maximum Gasteiger partial charge on any atom is 0.261 e. The second-order valence-corrected chi connectivity index (χ2v) is 8.46. The topological polar surface area (TPSA) is 94.9 Å². The average molecular weight is 481 g/mol. The summed E-state index contributed by atoms with van der Waals surface area (Å²) in [6.07, 6.45) is 1.44.